The molecule has 3 unspecified atom stereocenters. The van der Waals surface area contributed by atoms with Gasteiger partial charge in [-0.2, -0.15) is 5.26 Å². The van der Waals surface area contributed by atoms with E-state index in [1.807, 2.05) is 6.07 Å². The lowest BCUT2D eigenvalue weighted by molar-refractivity contribution is -0.214. The van der Waals surface area contributed by atoms with Gasteiger partial charge in [0.15, 0.2) is 17.1 Å². The van der Waals surface area contributed by atoms with Gasteiger partial charge in [0.25, 0.3) is 0 Å². The van der Waals surface area contributed by atoms with Crippen LogP contribution in [-0.2, 0) is 14.3 Å². The average Bonchev–Trinajstić information content (AvgIpc) is 3.30. The average molecular weight is 634 g/mol. The number of benzene rings is 1. The Bertz CT molecular complexity index is 1660. The number of thioether (sulfide) groups is 1. The van der Waals surface area contributed by atoms with Crippen LogP contribution in [0.25, 0.3) is 0 Å². The number of fused-ring (bicyclic) bond motifs is 5. The second kappa shape index (κ2) is 11.1. The van der Waals surface area contributed by atoms with Gasteiger partial charge in [0, 0.05) is 16.7 Å². The third kappa shape index (κ3) is 4.67. The first-order chi connectivity index (χ1) is 21.4. The topological polar surface area (TPSA) is 160 Å². The number of hydrogen-bond acceptors (Lipinski definition) is 11. The van der Waals surface area contributed by atoms with Gasteiger partial charge in [-0.15, -0.1) is 0 Å². The molecule has 3 saturated carbocycles. The molecule has 10 nitrogen and oxygen atoms in total. The number of ether oxygens (including phenoxy) is 2. The maximum atomic E-state index is 17.5. The molecule has 45 heavy (non-hydrogen) atoms. The Kier molecular flexibility index (Phi) is 7.61. The second-order valence-corrected chi connectivity index (χ2v) is 13.5. The summed E-state index contributed by atoms with van der Waals surface area (Å²) in [4.78, 5) is 47.4. The molecule has 3 fully saturated rings. The number of allylic oxidation sites excluding steroid dienone is 4. The first-order valence-corrected chi connectivity index (χ1v) is 15.7. The molecule has 12 heteroatoms. The molecule has 6 rings (SSSR count). The van der Waals surface area contributed by atoms with Crippen LogP contribution < -0.4 is 4.74 Å². The summed E-state index contributed by atoms with van der Waals surface area (Å²) in [6, 6.07) is 7.92. The number of carbonyl (C=O) groups excluding carboxylic acids is 3. The first kappa shape index (κ1) is 30.9. The fraction of sp³-hybridized carbons (Fsp3) is 0.455. The molecular weight excluding hydrogens is 601 g/mol. The summed E-state index contributed by atoms with van der Waals surface area (Å²) < 4.78 is 29.3. The van der Waals surface area contributed by atoms with Crippen molar-refractivity contribution < 1.29 is 38.5 Å². The Hall–Kier alpha value is -4.08. The van der Waals surface area contributed by atoms with Gasteiger partial charge in [0.2, 0.25) is 16.9 Å². The van der Waals surface area contributed by atoms with Gasteiger partial charge in [-0.25, -0.2) is 19.2 Å². The molecule has 2 aromatic rings. The molecule has 4 aliphatic carbocycles. The highest BCUT2D eigenvalue weighted by atomic mass is 32.2. The van der Waals surface area contributed by atoms with E-state index in [0.717, 1.165) is 18.0 Å². The molecule has 0 spiro atoms. The molecule has 1 aromatic carbocycles. The van der Waals surface area contributed by atoms with Crippen LogP contribution in [0, 0.1) is 34.0 Å². The van der Waals surface area contributed by atoms with E-state index in [1.165, 1.54) is 42.6 Å². The van der Waals surface area contributed by atoms with Gasteiger partial charge in [-0.3, -0.25) is 9.59 Å². The Labute approximate surface area is 263 Å². The van der Waals surface area contributed by atoms with Crippen LogP contribution >= 0.6 is 11.8 Å². The van der Waals surface area contributed by atoms with E-state index in [2.05, 4.69) is 9.97 Å². The van der Waals surface area contributed by atoms with Gasteiger partial charge in [-0.05, 0) is 81.4 Å². The Morgan fingerprint density at radius 3 is 2.60 bits per heavy atom. The zero-order valence-corrected chi connectivity index (χ0v) is 25.6. The fourth-order valence-electron chi connectivity index (χ4n) is 8.32. The maximum Gasteiger partial charge on any atom is 0.339 e. The summed E-state index contributed by atoms with van der Waals surface area (Å²) in [6.07, 6.45) is 6.42. The van der Waals surface area contributed by atoms with Gasteiger partial charge < -0.3 is 19.7 Å². The zero-order chi connectivity index (χ0) is 32.2. The summed E-state index contributed by atoms with van der Waals surface area (Å²) >= 11 is 0.755. The first-order valence-electron chi connectivity index (χ1n) is 14.8. The molecule has 1 heterocycles. The molecule has 0 aliphatic heterocycles. The Morgan fingerprint density at radius 2 is 1.91 bits per heavy atom. The molecule has 0 bridgehead atoms. The minimum Gasteiger partial charge on any atom is -0.492 e. The highest BCUT2D eigenvalue weighted by molar-refractivity contribution is 8.14. The van der Waals surface area contributed by atoms with E-state index in [-0.39, 0.29) is 41.7 Å². The van der Waals surface area contributed by atoms with Crippen molar-refractivity contribution >= 4 is 28.6 Å². The fourth-order valence-corrected chi connectivity index (χ4v) is 9.12. The Balaban J connectivity index is 1.31. The van der Waals surface area contributed by atoms with Gasteiger partial charge >= 0.3 is 5.97 Å². The van der Waals surface area contributed by atoms with E-state index >= 15 is 4.39 Å². The third-order valence-corrected chi connectivity index (χ3v) is 11.4. The van der Waals surface area contributed by atoms with Crippen molar-refractivity contribution in [1.82, 2.24) is 9.97 Å². The smallest absolute Gasteiger partial charge is 0.339 e. The predicted octanol–water partition coefficient (Wildman–Crippen LogP) is 5.02. The van der Waals surface area contributed by atoms with Crippen LogP contribution in [0.15, 0.2) is 60.5 Å². The van der Waals surface area contributed by atoms with E-state index in [0.29, 0.717) is 30.6 Å². The minimum atomic E-state index is -2.10. The van der Waals surface area contributed by atoms with Crippen LogP contribution in [0.2, 0.25) is 0 Å². The molecule has 2 N–H and O–H groups in total. The standard InChI is InChI=1S/C33H32FN3O7S/c1-30-11-9-21(38)15-20(30)5-8-24-23-10-12-32(29(42)45-14-13-35,31(23,2)16-25(39)33(24,30)34)44-28(41)19-3-6-22(7-4-19)43-27-18-36-26(40)17-37-27/h3-4,6-7,9,11,15,17-18,23-25,39H,5,8,10,12,14,16H2,1-2H3,(H,36,40)/t23?,24?,25-,30-,31-,32-,33?/m0/s1. The molecular formula is C33H32FN3O7S. The number of aromatic nitrogens is 2. The van der Waals surface area contributed by atoms with Gasteiger partial charge in [-0.1, -0.05) is 30.3 Å². The van der Waals surface area contributed by atoms with Crippen molar-refractivity contribution in [3.8, 4) is 23.6 Å². The van der Waals surface area contributed by atoms with Crippen molar-refractivity contribution in [1.29, 1.82) is 5.26 Å². The summed E-state index contributed by atoms with van der Waals surface area (Å²) in [7, 11) is 0. The van der Waals surface area contributed by atoms with E-state index in [4.69, 9.17) is 9.47 Å². The third-order valence-electron chi connectivity index (χ3n) is 10.6. The van der Waals surface area contributed by atoms with Crippen molar-refractivity contribution in [3.63, 3.8) is 0 Å². The van der Waals surface area contributed by atoms with Crippen LogP contribution in [-0.4, -0.2) is 60.2 Å². The number of aromatic hydroxyl groups is 1. The zero-order valence-electron chi connectivity index (χ0n) is 24.7. The van der Waals surface area contributed by atoms with E-state index in [9.17, 15) is 29.9 Å². The van der Waals surface area contributed by atoms with Crippen molar-refractivity contribution in [2.24, 2.45) is 22.7 Å². The molecule has 0 radical (unpaired) electrons. The van der Waals surface area contributed by atoms with Crippen LogP contribution in [0.1, 0.15) is 56.3 Å². The molecule has 234 valence electrons. The van der Waals surface area contributed by atoms with Crippen LogP contribution in [0.3, 0.4) is 0 Å². The molecule has 4 aliphatic rings. The summed E-state index contributed by atoms with van der Waals surface area (Å²) in [5, 5.41) is 29.7. The number of alkyl halides is 1. The largest absolute Gasteiger partial charge is 0.492 e. The molecule has 0 amide bonds. The number of rotatable bonds is 6. The lowest BCUT2D eigenvalue weighted by Crippen LogP contribution is -2.69. The Morgan fingerprint density at radius 1 is 1.16 bits per heavy atom. The number of carbonyl (C=O) groups is 3. The van der Waals surface area contributed by atoms with E-state index < -0.39 is 51.1 Å². The number of halogens is 1. The van der Waals surface area contributed by atoms with Crippen LogP contribution in [0.4, 0.5) is 4.39 Å². The molecule has 7 atom stereocenters. The number of esters is 1. The number of aliphatic hydroxyl groups excluding tert-OH is 1. The van der Waals surface area contributed by atoms with Gasteiger partial charge in [0.1, 0.15) is 5.75 Å². The summed E-state index contributed by atoms with van der Waals surface area (Å²) in [6.45, 7) is 3.51. The summed E-state index contributed by atoms with van der Waals surface area (Å²) in [5.41, 5.74) is -5.35. The van der Waals surface area contributed by atoms with Crippen molar-refractivity contribution in [2.45, 2.75) is 63.3 Å². The normalized spacial score (nSPS) is 34.9. The van der Waals surface area contributed by atoms with Crippen molar-refractivity contribution in [2.75, 3.05) is 5.75 Å². The highest BCUT2D eigenvalue weighted by Gasteiger charge is 2.75. The number of aliphatic hydroxyl groups is 1. The number of nitriles is 1. The van der Waals surface area contributed by atoms with Crippen LogP contribution in [0.5, 0.6) is 17.5 Å². The van der Waals surface area contributed by atoms with E-state index in [1.54, 1.807) is 19.9 Å². The minimum absolute atomic E-state index is 0.116. The van der Waals surface area contributed by atoms with Gasteiger partial charge in [0.05, 0.1) is 35.9 Å². The lowest BCUT2D eigenvalue weighted by Gasteiger charge is -2.62. The summed E-state index contributed by atoms with van der Waals surface area (Å²) in [5.74, 6) is -2.03. The van der Waals surface area contributed by atoms with Crippen molar-refractivity contribution in [3.05, 3.63) is 66.0 Å². The second-order valence-electron chi connectivity index (χ2n) is 12.6. The monoisotopic (exact) mass is 633 g/mol. The number of hydrogen-bond donors (Lipinski definition) is 2. The molecule has 0 saturated heterocycles. The quantitative estimate of drug-likeness (QED) is 0.411. The number of nitrogens with zero attached hydrogens (tertiary/aromatic N) is 3. The highest BCUT2D eigenvalue weighted by Crippen LogP contribution is 2.70. The maximum absolute atomic E-state index is 17.5. The lowest BCUT2D eigenvalue weighted by atomic mass is 9.45. The number of ketones is 1. The SMILES string of the molecule is C[C@]12C=CC(=O)C=C1CCC1C3CC[C@](OC(=O)c4ccc(Oc5cnc(O)cn5)cc4)(C(=O)SCC#N)[C@@]3(C)C[C@H](O)C12F. The molecule has 1 aromatic heterocycles. The predicted molar refractivity (Wildman–Crippen MR) is 160 cm³/mol.